The van der Waals surface area contributed by atoms with E-state index >= 15 is 0 Å². The maximum Gasteiger partial charge on any atom is 0.0574 e. The van der Waals surface area contributed by atoms with Crippen molar-refractivity contribution < 1.29 is 5.11 Å². The molecule has 0 aliphatic heterocycles. The lowest BCUT2D eigenvalue weighted by atomic mass is 9.43. The van der Waals surface area contributed by atoms with E-state index in [4.69, 9.17) is 0 Å². The number of allylic oxidation sites excluding steroid dienone is 3. The largest absolute Gasteiger partial charge is 0.393 e. The minimum absolute atomic E-state index is 0.104. The van der Waals surface area contributed by atoms with Crippen LogP contribution in [0.1, 0.15) is 106 Å². The Labute approximate surface area is 205 Å². The molecule has 11 atom stereocenters. The summed E-state index contributed by atoms with van der Waals surface area (Å²) in [7, 11) is 0. The maximum absolute atomic E-state index is 10.8. The molecule has 4 rings (SSSR count). The molecule has 188 valence electrons. The number of fused-ring (bicyclic) bond motifs is 5. The third-order valence-electron chi connectivity index (χ3n) is 12.1. The van der Waals surface area contributed by atoms with Gasteiger partial charge in [0.1, 0.15) is 0 Å². The number of rotatable bonds is 7. The van der Waals surface area contributed by atoms with Crippen molar-refractivity contribution in [3.05, 3.63) is 24.8 Å². The molecule has 1 N–H and O–H groups in total. The molecular weight excluding hydrogens is 400 g/mol. The van der Waals surface area contributed by atoms with Crippen molar-refractivity contribution in [2.45, 2.75) is 112 Å². The van der Waals surface area contributed by atoms with Gasteiger partial charge >= 0.3 is 0 Å². The van der Waals surface area contributed by atoms with E-state index in [-0.39, 0.29) is 6.10 Å². The summed E-state index contributed by atoms with van der Waals surface area (Å²) in [5, 5.41) is 10.8. The van der Waals surface area contributed by atoms with Gasteiger partial charge in [-0.3, -0.25) is 0 Å². The normalized spacial score (nSPS) is 47.1. The highest BCUT2D eigenvalue weighted by molar-refractivity contribution is 5.12. The molecule has 4 aliphatic rings. The van der Waals surface area contributed by atoms with Crippen molar-refractivity contribution in [2.75, 3.05) is 0 Å². The van der Waals surface area contributed by atoms with Gasteiger partial charge in [0.05, 0.1) is 6.10 Å². The molecule has 4 aliphatic carbocycles. The number of aliphatic hydroxyl groups is 1. The quantitative estimate of drug-likeness (QED) is 0.381. The van der Waals surface area contributed by atoms with Gasteiger partial charge in [-0.1, -0.05) is 59.8 Å². The molecule has 33 heavy (non-hydrogen) atoms. The molecule has 0 radical (unpaired) electrons. The Hall–Kier alpha value is -0.560. The summed E-state index contributed by atoms with van der Waals surface area (Å²) in [6, 6.07) is 0. The molecule has 0 aromatic rings. The van der Waals surface area contributed by atoms with Crippen LogP contribution >= 0.6 is 0 Å². The lowest BCUT2D eigenvalue weighted by Crippen LogP contribution is -2.56. The third kappa shape index (κ3) is 4.32. The van der Waals surface area contributed by atoms with Gasteiger partial charge in [0.25, 0.3) is 0 Å². The summed E-state index contributed by atoms with van der Waals surface area (Å²) in [4.78, 5) is 0. The number of hydrogen-bond acceptors (Lipinski definition) is 1. The van der Waals surface area contributed by atoms with Crippen LogP contribution in [0, 0.1) is 64.1 Å². The van der Waals surface area contributed by atoms with Crippen LogP contribution < -0.4 is 0 Å². The first kappa shape index (κ1) is 25.5. The molecule has 0 heterocycles. The highest BCUT2D eigenvalue weighted by Gasteiger charge is 2.61. The molecule has 0 saturated heterocycles. The summed E-state index contributed by atoms with van der Waals surface area (Å²) in [6.45, 7) is 19.0. The van der Waals surface area contributed by atoms with Gasteiger partial charge in [-0.05, 0) is 128 Å². The SMILES string of the molecule is C=CC[C@@H]1[C@H](O)CC[C@@]2(C)[C@H]1CC[C@@H]1[C@@H]2CC[C@]2(C)[C@@H]([C@H](C)C=C[C@@H](CC)C(C)C)CC[C@@H]12. The molecule has 0 aromatic heterocycles. The van der Waals surface area contributed by atoms with Gasteiger partial charge in [-0.2, -0.15) is 0 Å². The molecule has 0 spiro atoms. The van der Waals surface area contributed by atoms with E-state index in [0.717, 1.165) is 48.3 Å². The third-order valence-corrected chi connectivity index (χ3v) is 12.1. The topological polar surface area (TPSA) is 20.2 Å². The Bertz CT molecular complexity index is 707. The molecule has 0 unspecified atom stereocenters. The zero-order valence-electron chi connectivity index (χ0n) is 22.7. The predicted molar refractivity (Wildman–Crippen MR) is 142 cm³/mol. The highest BCUT2D eigenvalue weighted by atomic mass is 16.3. The molecule has 0 aromatic carbocycles. The van der Waals surface area contributed by atoms with Crippen molar-refractivity contribution in [3.63, 3.8) is 0 Å². The summed E-state index contributed by atoms with van der Waals surface area (Å²) in [6.07, 6.45) is 20.2. The van der Waals surface area contributed by atoms with Crippen molar-refractivity contribution in [3.8, 4) is 0 Å². The van der Waals surface area contributed by atoms with Crippen molar-refractivity contribution >= 4 is 0 Å². The molecule has 0 bridgehead atoms. The van der Waals surface area contributed by atoms with Gasteiger partial charge in [0.2, 0.25) is 0 Å². The zero-order valence-corrected chi connectivity index (χ0v) is 22.7. The van der Waals surface area contributed by atoms with Crippen molar-refractivity contribution in [1.29, 1.82) is 0 Å². The number of aliphatic hydroxyl groups excluding tert-OH is 1. The van der Waals surface area contributed by atoms with Crippen LogP contribution in [0.4, 0.5) is 0 Å². The Morgan fingerprint density at radius 1 is 0.879 bits per heavy atom. The average Bonchev–Trinajstić information content (AvgIpc) is 3.13. The van der Waals surface area contributed by atoms with Crippen LogP contribution in [0.25, 0.3) is 0 Å². The van der Waals surface area contributed by atoms with Gasteiger partial charge in [-0.15, -0.1) is 6.58 Å². The first-order chi connectivity index (χ1) is 15.7. The fraction of sp³-hybridized carbons (Fsp3) is 0.875. The van der Waals surface area contributed by atoms with Crippen LogP contribution in [0.3, 0.4) is 0 Å². The van der Waals surface area contributed by atoms with Crippen LogP contribution in [-0.4, -0.2) is 11.2 Å². The first-order valence-electron chi connectivity index (χ1n) is 14.6. The minimum atomic E-state index is -0.104. The van der Waals surface area contributed by atoms with Crippen LogP contribution in [0.15, 0.2) is 24.8 Å². The molecule has 4 saturated carbocycles. The average molecular weight is 455 g/mol. The minimum Gasteiger partial charge on any atom is -0.393 e. The fourth-order valence-electron chi connectivity index (χ4n) is 10.2. The van der Waals surface area contributed by atoms with E-state index in [1.807, 2.05) is 0 Å². The molecule has 4 fully saturated rings. The number of hydrogen-bond donors (Lipinski definition) is 1. The summed E-state index contributed by atoms with van der Waals surface area (Å²) < 4.78 is 0. The van der Waals surface area contributed by atoms with Gasteiger partial charge in [0.15, 0.2) is 0 Å². The Balaban J connectivity index is 1.51. The summed E-state index contributed by atoms with van der Waals surface area (Å²) in [5.74, 6) is 6.91. The smallest absolute Gasteiger partial charge is 0.0574 e. The first-order valence-corrected chi connectivity index (χ1v) is 14.6. The van der Waals surface area contributed by atoms with E-state index < -0.39 is 0 Å². The second-order valence-electron chi connectivity index (χ2n) is 13.6. The van der Waals surface area contributed by atoms with Crippen LogP contribution in [-0.2, 0) is 0 Å². The van der Waals surface area contributed by atoms with E-state index in [2.05, 4.69) is 66.3 Å². The second-order valence-corrected chi connectivity index (χ2v) is 13.6. The summed E-state index contributed by atoms with van der Waals surface area (Å²) in [5.41, 5.74) is 0.967. The van der Waals surface area contributed by atoms with E-state index in [1.54, 1.807) is 0 Å². The molecular formula is C32H54O. The van der Waals surface area contributed by atoms with Crippen LogP contribution in [0.5, 0.6) is 0 Å². The van der Waals surface area contributed by atoms with E-state index in [1.165, 1.54) is 51.4 Å². The zero-order chi connectivity index (χ0) is 24.0. The standard InChI is InChI=1S/C32H54O/c1-8-10-25-28-14-13-24-27-16-15-26(22(5)11-12-23(9-2)21(3)4)31(27,6)19-17-29(24)32(28,7)20-18-30(25)33/h8,11-12,21-30,33H,1,9-10,13-20H2,2-7H3/t22-,23-,24+,25+,26-,27+,28+,29+,30-,31-,32+/m1/s1. The monoisotopic (exact) mass is 454 g/mol. The van der Waals surface area contributed by atoms with E-state index in [0.29, 0.717) is 28.6 Å². The molecule has 1 nitrogen and oxygen atoms in total. The maximum atomic E-state index is 10.8. The molecule has 0 amide bonds. The second kappa shape index (κ2) is 9.83. The predicted octanol–water partition coefficient (Wildman–Crippen LogP) is 8.68. The van der Waals surface area contributed by atoms with Gasteiger partial charge in [-0.25, -0.2) is 0 Å². The lowest BCUT2D eigenvalue weighted by molar-refractivity contribution is -0.151. The van der Waals surface area contributed by atoms with Gasteiger partial charge < -0.3 is 5.11 Å². The van der Waals surface area contributed by atoms with Gasteiger partial charge in [0, 0.05) is 0 Å². The fourth-order valence-corrected chi connectivity index (χ4v) is 10.2. The van der Waals surface area contributed by atoms with Crippen molar-refractivity contribution in [2.24, 2.45) is 64.1 Å². The van der Waals surface area contributed by atoms with E-state index in [9.17, 15) is 5.11 Å². The Morgan fingerprint density at radius 3 is 2.21 bits per heavy atom. The Kier molecular flexibility index (Phi) is 7.60. The summed E-state index contributed by atoms with van der Waals surface area (Å²) >= 11 is 0. The Morgan fingerprint density at radius 2 is 1.55 bits per heavy atom. The molecule has 1 heteroatoms. The highest BCUT2D eigenvalue weighted by Crippen LogP contribution is 2.69. The van der Waals surface area contributed by atoms with Crippen molar-refractivity contribution in [1.82, 2.24) is 0 Å². The van der Waals surface area contributed by atoms with Crippen LogP contribution in [0.2, 0.25) is 0 Å². The lowest BCUT2D eigenvalue weighted by Gasteiger charge is -2.62.